The van der Waals surface area contributed by atoms with E-state index in [0.29, 0.717) is 0 Å². The number of ether oxygens (including phenoxy) is 1. The van der Waals surface area contributed by atoms with Crippen LogP contribution in [0.1, 0.15) is 6.92 Å². The van der Waals surface area contributed by atoms with Gasteiger partial charge in [0.25, 0.3) is 0 Å². The molecule has 0 aliphatic rings. The SMILES string of the molecule is CCOC(=O)CS(=O)(=O)Nc1ncnc(Cl)c1Cl. The fraction of sp³-hybridized carbons (Fsp3) is 0.375. The van der Waals surface area contributed by atoms with E-state index in [2.05, 4.69) is 14.7 Å². The Morgan fingerprint density at radius 1 is 1.44 bits per heavy atom. The van der Waals surface area contributed by atoms with Crippen LogP contribution >= 0.6 is 23.2 Å². The van der Waals surface area contributed by atoms with Crippen LogP contribution in [0.25, 0.3) is 0 Å². The lowest BCUT2D eigenvalue weighted by Gasteiger charge is -2.08. The van der Waals surface area contributed by atoms with E-state index in [1.807, 2.05) is 4.72 Å². The first-order valence-corrected chi connectivity index (χ1v) is 7.08. The van der Waals surface area contributed by atoms with Crippen LogP contribution in [0.3, 0.4) is 0 Å². The number of carbonyl (C=O) groups is 1. The highest BCUT2D eigenvalue weighted by atomic mass is 35.5. The minimum absolute atomic E-state index is 0.0917. The molecule has 1 rings (SSSR count). The van der Waals surface area contributed by atoms with E-state index < -0.39 is 21.7 Å². The predicted molar refractivity (Wildman–Crippen MR) is 66.1 cm³/mol. The second kappa shape index (κ2) is 6.17. The first kappa shape index (κ1) is 14.9. The van der Waals surface area contributed by atoms with Crippen molar-refractivity contribution >= 4 is 45.0 Å². The van der Waals surface area contributed by atoms with Crippen molar-refractivity contribution in [2.75, 3.05) is 17.1 Å². The highest BCUT2D eigenvalue weighted by Crippen LogP contribution is 2.25. The number of hydrogen-bond donors (Lipinski definition) is 1. The summed E-state index contributed by atoms with van der Waals surface area (Å²) in [5.74, 6) is -1.90. The smallest absolute Gasteiger partial charge is 0.323 e. The van der Waals surface area contributed by atoms with Crippen molar-refractivity contribution in [1.29, 1.82) is 0 Å². The van der Waals surface area contributed by atoms with Gasteiger partial charge in [-0.05, 0) is 6.92 Å². The molecular formula is C8H9Cl2N3O4S. The highest BCUT2D eigenvalue weighted by molar-refractivity contribution is 7.93. The summed E-state index contributed by atoms with van der Waals surface area (Å²) in [6.07, 6.45) is 1.04. The van der Waals surface area contributed by atoms with Gasteiger partial charge in [-0.25, -0.2) is 18.4 Å². The predicted octanol–water partition coefficient (Wildman–Crippen LogP) is 1.09. The number of esters is 1. The highest BCUT2D eigenvalue weighted by Gasteiger charge is 2.20. The average molecular weight is 314 g/mol. The van der Waals surface area contributed by atoms with Gasteiger partial charge >= 0.3 is 5.97 Å². The number of halogens is 2. The summed E-state index contributed by atoms with van der Waals surface area (Å²) in [5, 5.41) is -0.243. The second-order valence-corrected chi connectivity index (χ2v) is 5.45. The molecule has 0 atom stereocenters. The Hall–Kier alpha value is -1.12. The molecule has 7 nitrogen and oxygen atoms in total. The molecule has 0 fully saturated rings. The Labute approximate surface area is 114 Å². The van der Waals surface area contributed by atoms with Crippen molar-refractivity contribution < 1.29 is 17.9 Å². The van der Waals surface area contributed by atoms with Gasteiger partial charge in [0, 0.05) is 0 Å². The fourth-order valence-electron chi connectivity index (χ4n) is 0.961. The number of nitrogens with zero attached hydrogens (tertiary/aromatic N) is 2. The van der Waals surface area contributed by atoms with E-state index in [1.165, 1.54) is 0 Å². The van der Waals surface area contributed by atoms with Gasteiger partial charge in [0.1, 0.15) is 11.3 Å². The first-order valence-electron chi connectivity index (χ1n) is 4.68. The molecule has 18 heavy (non-hydrogen) atoms. The zero-order chi connectivity index (χ0) is 13.8. The second-order valence-electron chi connectivity index (χ2n) is 2.99. The van der Waals surface area contributed by atoms with Crippen LogP contribution in [0.5, 0.6) is 0 Å². The van der Waals surface area contributed by atoms with Crippen LogP contribution in [0, 0.1) is 0 Å². The third-order valence-corrected chi connectivity index (χ3v) is 3.47. The molecule has 1 heterocycles. The van der Waals surface area contributed by atoms with E-state index in [4.69, 9.17) is 23.2 Å². The minimum Gasteiger partial charge on any atom is -0.465 e. The Morgan fingerprint density at radius 2 is 2.11 bits per heavy atom. The molecule has 0 radical (unpaired) electrons. The number of rotatable bonds is 5. The van der Waals surface area contributed by atoms with Gasteiger partial charge in [-0.3, -0.25) is 9.52 Å². The topological polar surface area (TPSA) is 98.2 Å². The summed E-state index contributed by atoms with van der Waals surface area (Å²) < 4.78 is 29.7. The summed E-state index contributed by atoms with van der Waals surface area (Å²) in [6.45, 7) is 1.66. The van der Waals surface area contributed by atoms with Crippen molar-refractivity contribution in [3.8, 4) is 0 Å². The van der Waals surface area contributed by atoms with Crippen molar-refractivity contribution in [2.45, 2.75) is 6.92 Å². The monoisotopic (exact) mass is 313 g/mol. The fourth-order valence-corrected chi connectivity index (χ4v) is 2.21. The molecule has 1 aromatic rings. The molecule has 0 aliphatic carbocycles. The summed E-state index contributed by atoms with van der Waals surface area (Å²) in [6, 6.07) is 0. The molecule has 0 unspecified atom stereocenters. The molecule has 0 spiro atoms. The summed E-state index contributed by atoms with van der Waals surface area (Å²) in [4.78, 5) is 18.2. The Bertz CT molecular complexity index is 549. The van der Waals surface area contributed by atoms with Crippen molar-refractivity contribution in [3.05, 3.63) is 16.5 Å². The maximum absolute atomic E-state index is 11.6. The first-order chi connectivity index (χ1) is 8.35. The molecule has 10 heteroatoms. The largest absolute Gasteiger partial charge is 0.465 e. The Kier molecular flexibility index (Phi) is 5.12. The van der Waals surface area contributed by atoms with Crippen LogP contribution in [0.2, 0.25) is 10.2 Å². The van der Waals surface area contributed by atoms with E-state index in [0.717, 1.165) is 6.33 Å². The molecule has 0 aliphatic heterocycles. The normalized spacial score (nSPS) is 11.1. The molecule has 0 saturated heterocycles. The lowest BCUT2D eigenvalue weighted by atomic mass is 10.6. The third kappa shape index (κ3) is 4.28. The number of anilines is 1. The summed E-state index contributed by atoms with van der Waals surface area (Å²) >= 11 is 11.3. The lowest BCUT2D eigenvalue weighted by Crippen LogP contribution is -2.25. The maximum atomic E-state index is 11.6. The molecule has 1 N–H and O–H groups in total. The van der Waals surface area contributed by atoms with Gasteiger partial charge in [0.15, 0.2) is 16.7 Å². The number of sulfonamides is 1. The van der Waals surface area contributed by atoms with E-state index in [1.54, 1.807) is 6.92 Å². The van der Waals surface area contributed by atoms with Gasteiger partial charge in [-0.2, -0.15) is 0 Å². The van der Waals surface area contributed by atoms with Gasteiger partial charge < -0.3 is 4.74 Å². The molecule has 0 bridgehead atoms. The van der Waals surface area contributed by atoms with Gasteiger partial charge in [-0.15, -0.1) is 0 Å². The maximum Gasteiger partial charge on any atom is 0.323 e. The van der Waals surface area contributed by atoms with Gasteiger partial charge in [0.05, 0.1) is 6.61 Å². The Morgan fingerprint density at radius 3 is 2.72 bits per heavy atom. The third-order valence-electron chi connectivity index (χ3n) is 1.61. The molecule has 0 saturated carbocycles. The van der Waals surface area contributed by atoms with E-state index in [-0.39, 0.29) is 22.6 Å². The number of hydrogen-bond acceptors (Lipinski definition) is 6. The zero-order valence-electron chi connectivity index (χ0n) is 9.18. The number of aromatic nitrogens is 2. The number of nitrogens with one attached hydrogen (secondary N) is 1. The molecular weight excluding hydrogens is 305 g/mol. The average Bonchev–Trinajstić information content (AvgIpc) is 2.24. The quantitative estimate of drug-likeness (QED) is 0.645. The van der Waals surface area contributed by atoms with Crippen molar-refractivity contribution in [1.82, 2.24) is 9.97 Å². The standard InChI is InChI=1S/C8H9Cl2N3O4S/c1-2-17-5(14)3-18(15,16)13-8-6(9)7(10)11-4-12-8/h4H,2-3H2,1H3,(H,11,12,13). The minimum atomic E-state index is -3.95. The van der Waals surface area contributed by atoms with E-state index >= 15 is 0 Å². The van der Waals surface area contributed by atoms with Gasteiger partial charge in [0.2, 0.25) is 10.0 Å². The summed E-state index contributed by atoms with van der Waals surface area (Å²) in [5.41, 5.74) is 0. The molecule has 1 aromatic heterocycles. The lowest BCUT2D eigenvalue weighted by molar-refractivity contribution is -0.139. The van der Waals surface area contributed by atoms with Crippen LogP contribution < -0.4 is 4.72 Å². The molecule has 0 amide bonds. The Balaban J connectivity index is 2.83. The van der Waals surface area contributed by atoms with Crippen LogP contribution in [-0.2, 0) is 19.6 Å². The van der Waals surface area contributed by atoms with Crippen LogP contribution in [0.4, 0.5) is 5.82 Å². The van der Waals surface area contributed by atoms with Crippen molar-refractivity contribution in [3.63, 3.8) is 0 Å². The molecule has 0 aromatic carbocycles. The van der Waals surface area contributed by atoms with Gasteiger partial charge in [-0.1, -0.05) is 23.2 Å². The van der Waals surface area contributed by atoms with E-state index in [9.17, 15) is 13.2 Å². The molecule has 100 valence electrons. The van der Waals surface area contributed by atoms with Crippen LogP contribution in [-0.4, -0.2) is 36.7 Å². The zero-order valence-corrected chi connectivity index (χ0v) is 11.5. The van der Waals surface area contributed by atoms with Crippen LogP contribution in [0.15, 0.2) is 6.33 Å². The number of carbonyl (C=O) groups excluding carboxylic acids is 1. The van der Waals surface area contributed by atoms with Crippen molar-refractivity contribution in [2.24, 2.45) is 0 Å². The summed E-state index contributed by atoms with van der Waals surface area (Å²) in [7, 11) is -3.95.